The zero-order valence-electron chi connectivity index (χ0n) is 7.73. The molecule has 14 heavy (non-hydrogen) atoms. The lowest BCUT2D eigenvalue weighted by Gasteiger charge is -1.98. The van der Waals surface area contributed by atoms with Crippen LogP contribution in [0.2, 0.25) is 0 Å². The maximum Gasteiger partial charge on any atom is 0.203 e. The second-order valence-electron chi connectivity index (χ2n) is 3.00. The summed E-state index contributed by atoms with van der Waals surface area (Å²) in [6.45, 7) is 1.95. The van der Waals surface area contributed by atoms with E-state index < -0.39 is 0 Å². The number of aryl methyl sites for hydroxylation is 1. The number of aromatic nitrogens is 1. The van der Waals surface area contributed by atoms with Crippen LogP contribution >= 0.6 is 11.3 Å². The highest BCUT2D eigenvalue weighted by molar-refractivity contribution is 7.12. The van der Waals surface area contributed by atoms with Gasteiger partial charge in [-0.25, -0.2) is 0 Å². The Hall–Kier alpha value is -1.48. The fourth-order valence-corrected chi connectivity index (χ4v) is 2.13. The summed E-state index contributed by atoms with van der Waals surface area (Å²) in [7, 11) is 0. The van der Waals surface area contributed by atoms with E-state index in [4.69, 9.17) is 0 Å². The van der Waals surface area contributed by atoms with Crippen molar-refractivity contribution in [3.8, 4) is 0 Å². The molecule has 0 saturated heterocycles. The maximum atomic E-state index is 11.9. The minimum atomic E-state index is 0.0832. The van der Waals surface area contributed by atoms with E-state index in [2.05, 4.69) is 4.98 Å². The van der Waals surface area contributed by atoms with Crippen LogP contribution in [-0.2, 0) is 0 Å². The van der Waals surface area contributed by atoms with Crippen molar-refractivity contribution in [1.29, 1.82) is 0 Å². The van der Waals surface area contributed by atoms with Crippen LogP contribution in [0, 0.1) is 6.92 Å². The Labute approximate surface area is 86.2 Å². The van der Waals surface area contributed by atoms with Crippen LogP contribution < -0.4 is 0 Å². The predicted octanol–water partition coefficient (Wildman–Crippen LogP) is 2.68. The summed E-state index contributed by atoms with van der Waals surface area (Å²) < 4.78 is 0. The SMILES string of the molecule is Cc1ccsc1C(=O)c1ccncc1. The molecule has 2 rings (SSSR count). The monoisotopic (exact) mass is 203 g/mol. The molecular weight excluding hydrogens is 194 g/mol. The van der Waals surface area contributed by atoms with E-state index in [1.807, 2.05) is 18.4 Å². The summed E-state index contributed by atoms with van der Waals surface area (Å²) in [5, 5.41) is 1.93. The molecule has 0 N–H and O–H groups in total. The van der Waals surface area contributed by atoms with Crippen molar-refractivity contribution < 1.29 is 4.79 Å². The average molecular weight is 203 g/mol. The molecule has 70 valence electrons. The zero-order valence-corrected chi connectivity index (χ0v) is 8.54. The van der Waals surface area contributed by atoms with Crippen molar-refractivity contribution in [3.63, 3.8) is 0 Å². The number of ketones is 1. The minimum absolute atomic E-state index is 0.0832. The van der Waals surface area contributed by atoms with Gasteiger partial charge in [0, 0.05) is 18.0 Å². The molecule has 0 amide bonds. The Balaban J connectivity index is 2.39. The van der Waals surface area contributed by atoms with Crippen molar-refractivity contribution in [1.82, 2.24) is 4.98 Å². The molecule has 0 saturated carbocycles. The summed E-state index contributed by atoms with van der Waals surface area (Å²) in [5.41, 5.74) is 1.74. The second kappa shape index (κ2) is 3.72. The van der Waals surface area contributed by atoms with Gasteiger partial charge in [-0.2, -0.15) is 0 Å². The van der Waals surface area contributed by atoms with Gasteiger partial charge in [-0.1, -0.05) is 0 Å². The molecule has 0 aliphatic carbocycles. The van der Waals surface area contributed by atoms with Crippen molar-refractivity contribution in [2.75, 3.05) is 0 Å². The van der Waals surface area contributed by atoms with Gasteiger partial charge in [0.1, 0.15) is 0 Å². The van der Waals surface area contributed by atoms with Gasteiger partial charge in [0.2, 0.25) is 5.78 Å². The highest BCUT2D eigenvalue weighted by Crippen LogP contribution is 2.19. The van der Waals surface area contributed by atoms with Crippen LogP contribution in [0.5, 0.6) is 0 Å². The van der Waals surface area contributed by atoms with Crippen LogP contribution in [0.4, 0.5) is 0 Å². The highest BCUT2D eigenvalue weighted by Gasteiger charge is 2.11. The number of rotatable bonds is 2. The van der Waals surface area contributed by atoms with Crippen LogP contribution in [0.15, 0.2) is 36.0 Å². The molecule has 0 aromatic carbocycles. The molecule has 0 fully saturated rings. The van der Waals surface area contributed by atoms with Crippen molar-refractivity contribution >= 4 is 17.1 Å². The third-order valence-electron chi connectivity index (χ3n) is 2.01. The first-order chi connectivity index (χ1) is 6.79. The average Bonchev–Trinajstić information content (AvgIpc) is 2.65. The first kappa shape index (κ1) is 9.09. The van der Waals surface area contributed by atoms with Gasteiger partial charge in [0.15, 0.2) is 0 Å². The molecule has 2 aromatic rings. The number of carbonyl (C=O) groups is 1. The first-order valence-electron chi connectivity index (χ1n) is 4.28. The molecule has 2 heterocycles. The van der Waals surface area contributed by atoms with E-state index in [0.29, 0.717) is 5.56 Å². The molecule has 0 aliphatic heterocycles. The Kier molecular flexibility index (Phi) is 2.41. The van der Waals surface area contributed by atoms with E-state index >= 15 is 0 Å². The van der Waals surface area contributed by atoms with Crippen molar-refractivity contribution in [2.24, 2.45) is 0 Å². The molecule has 0 atom stereocenters. The van der Waals surface area contributed by atoms with E-state index in [0.717, 1.165) is 10.4 Å². The van der Waals surface area contributed by atoms with Gasteiger partial charge in [-0.15, -0.1) is 11.3 Å². The van der Waals surface area contributed by atoms with E-state index in [-0.39, 0.29) is 5.78 Å². The fourth-order valence-electron chi connectivity index (χ4n) is 1.24. The number of hydrogen-bond acceptors (Lipinski definition) is 3. The number of carbonyl (C=O) groups excluding carboxylic acids is 1. The van der Waals surface area contributed by atoms with E-state index in [9.17, 15) is 4.79 Å². The van der Waals surface area contributed by atoms with Gasteiger partial charge in [0.05, 0.1) is 4.88 Å². The molecule has 0 bridgehead atoms. The normalized spacial score (nSPS) is 10.1. The van der Waals surface area contributed by atoms with Gasteiger partial charge in [0.25, 0.3) is 0 Å². The van der Waals surface area contributed by atoms with Crippen LogP contribution in [0.3, 0.4) is 0 Å². The lowest BCUT2D eigenvalue weighted by Crippen LogP contribution is -1.99. The van der Waals surface area contributed by atoms with Gasteiger partial charge in [-0.3, -0.25) is 9.78 Å². The van der Waals surface area contributed by atoms with Crippen LogP contribution in [0.25, 0.3) is 0 Å². The topological polar surface area (TPSA) is 30.0 Å². The summed E-state index contributed by atoms with van der Waals surface area (Å²) >= 11 is 1.48. The molecule has 0 spiro atoms. The van der Waals surface area contributed by atoms with Crippen molar-refractivity contribution in [2.45, 2.75) is 6.92 Å². The zero-order chi connectivity index (χ0) is 9.97. The summed E-state index contributed by atoms with van der Waals surface area (Å²) in [6, 6.07) is 5.43. The Bertz CT molecular complexity index is 447. The predicted molar refractivity (Wildman–Crippen MR) is 56.7 cm³/mol. The van der Waals surface area contributed by atoms with E-state index in [1.54, 1.807) is 24.5 Å². The lowest BCUT2D eigenvalue weighted by atomic mass is 10.1. The molecule has 0 aliphatic rings. The molecule has 2 aromatic heterocycles. The molecule has 0 radical (unpaired) electrons. The van der Waals surface area contributed by atoms with Crippen molar-refractivity contribution in [3.05, 3.63) is 52.0 Å². The quantitative estimate of drug-likeness (QED) is 0.702. The summed E-state index contributed by atoms with van der Waals surface area (Å²) in [5.74, 6) is 0.0832. The first-order valence-corrected chi connectivity index (χ1v) is 5.16. The molecule has 2 nitrogen and oxygen atoms in total. The van der Waals surface area contributed by atoms with Crippen LogP contribution in [-0.4, -0.2) is 10.8 Å². The summed E-state index contributed by atoms with van der Waals surface area (Å²) in [4.78, 5) is 16.6. The number of hydrogen-bond donors (Lipinski definition) is 0. The second-order valence-corrected chi connectivity index (χ2v) is 3.91. The van der Waals surface area contributed by atoms with E-state index in [1.165, 1.54) is 11.3 Å². The minimum Gasteiger partial charge on any atom is -0.288 e. The van der Waals surface area contributed by atoms with Crippen LogP contribution in [0.1, 0.15) is 20.8 Å². The lowest BCUT2D eigenvalue weighted by molar-refractivity contribution is 0.104. The van der Waals surface area contributed by atoms with Gasteiger partial charge in [-0.05, 0) is 36.1 Å². The Morgan fingerprint density at radius 2 is 2.00 bits per heavy atom. The highest BCUT2D eigenvalue weighted by atomic mass is 32.1. The maximum absolute atomic E-state index is 11.9. The Morgan fingerprint density at radius 1 is 1.29 bits per heavy atom. The number of pyridine rings is 1. The molecular formula is C11H9NOS. The molecule has 3 heteroatoms. The third-order valence-corrected chi connectivity index (χ3v) is 3.03. The fraction of sp³-hybridized carbons (Fsp3) is 0.0909. The number of nitrogens with zero attached hydrogens (tertiary/aromatic N) is 1. The molecule has 0 unspecified atom stereocenters. The third kappa shape index (κ3) is 1.59. The number of thiophene rings is 1. The largest absolute Gasteiger partial charge is 0.288 e. The summed E-state index contributed by atoms with van der Waals surface area (Å²) in [6.07, 6.45) is 3.27. The standard InChI is InChI=1S/C11H9NOS/c1-8-4-7-14-11(8)10(13)9-2-5-12-6-3-9/h2-7H,1H3. The van der Waals surface area contributed by atoms with Gasteiger partial charge >= 0.3 is 0 Å². The van der Waals surface area contributed by atoms with Gasteiger partial charge < -0.3 is 0 Å². The Morgan fingerprint density at radius 3 is 2.57 bits per heavy atom. The smallest absolute Gasteiger partial charge is 0.203 e.